The molecule has 3 rings (SSSR count). The SMILES string of the molecule is CCn1c(SCC(=O)Nc2cccc(Cl)c2Cl)nnc1-c1cc(OC)c(OC)c(OC)c1. The molecule has 0 fully saturated rings. The number of methoxy groups -OCH3 is 3. The number of rotatable bonds is 9. The lowest BCUT2D eigenvalue weighted by Gasteiger charge is -2.14. The summed E-state index contributed by atoms with van der Waals surface area (Å²) in [6.07, 6.45) is 0. The molecule has 1 aromatic heterocycles. The molecular weight excluding hydrogens is 475 g/mol. The molecule has 11 heteroatoms. The van der Waals surface area contributed by atoms with Crippen molar-refractivity contribution in [2.75, 3.05) is 32.4 Å². The van der Waals surface area contributed by atoms with Crippen LogP contribution in [0, 0.1) is 0 Å². The molecule has 1 N–H and O–H groups in total. The third-order valence-electron chi connectivity index (χ3n) is 4.51. The summed E-state index contributed by atoms with van der Waals surface area (Å²) in [5.41, 5.74) is 1.20. The Labute approximate surface area is 200 Å². The van der Waals surface area contributed by atoms with E-state index in [0.717, 1.165) is 5.56 Å². The standard InChI is InChI=1S/C21H22Cl2N4O4S/c1-5-27-20(12-9-15(29-2)19(31-4)16(10-12)30-3)25-26-21(27)32-11-17(28)24-14-8-6-7-13(22)18(14)23/h6-10H,5,11H2,1-4H3,(H,24,28). The minimum absolute atomic E-state index is 0.121. The molecular formula is C21H22Cl2N4O4S. The van der Waals surface area contributed by atoms with Gasteiger partial charge in [0, 0.05) is 12.1 Å². The summed E-state index contributed by atoms with van der Waals surface area (Å²) < 4.78 is 18.2. The van der Waals surface area contributed by atoms with Gasteiger partial charge in [0.25, 0.3) is 0 Å². The molecule has 0 saturated carbocycles. The largest absolute Gasteiger partial charge is 0.493 e. The number of halogens is 2. The Morgan fingerprint density at radius 2 is 1.78 bits per heavy atom. The number of thioether (sulfide) groups is 1. The highest BCUT2D eigenvalue weighted by Crippen LogP contribution is 2.41. The fourth-order valence-corrected chi connectivity index (χ4v) is 4.17. The van der Waals surface area contributed by atoms with Crippen LogP contribution < -0.4 is 19.5 Å². The predicted molar refractivity (Wildman–Crippen MR) is 127 cm³/mol. The maximum absolute atomic E-state index is 12.4. The van der Waals surface area contributed by atoms with Crippen molar-refractivity contribution in [3.05, 3.63) is 40.4 Å². The van der Waals surface area contributed by atoms with Crippen LogP contribution >= 0.6 is 35.0 Å². The molecule has 0 saturated heterocycles. The van der Waals surface area contributed by atoms with Crippen LogP contribution in [-0.2, 0) is 11.3 Å². The lowest BCUT2D eigenvalue weighted by Crippen LogP contribution is -2.15. The van der Waals surface area contributed by atoms with Crippen LogP contribution in [0.3, 0.4) is 0 Å². The summed E-state index contributed by atoms with van der Waals surface area (Å²) in [5, 5.41) is 12.6. The van der Waals surface area contributed by atoms with E-state index in [1.54, 1.807) is 51.7 Å². The van der Waals surface area contributed by atoms with Gasteiger partial charge in [-0.15, -0.1) is 10.2 Å². The van der Waals surface area contributed by atoms with E-state index >= 15 is 0 Å². The Balaban J connectivity index is 1.81. The third kappa shape index (κ3) is 5.06. The van der Waals surface area contributed by atoms with E-state index in [1.165, 1.54) is 11.8 Å². The summed E-state index contributed by atoms with van der Waals surface area (Å²) in [6.45, 7) is 2.57. The average molecular weight is 497 g/mol. The molecule has 3 aromatic rings. The van der Waals surface area contributed by atoms with Gasteiger partial charge in [-0.05, 0) is 31.2 Å². The van der Waals surface area contributed by atoms with Crippen LogP contribution in [0.4, 0.5) is 5.69 Å². The second kappa shape index (κ2) is 10.8. The van der Waals surface area contributed by atoms with Gasteiger partial charge in [0.05, 0.1) is 42.8 Å². The Morgan fingerprint density at radius 1 is 1.09 bits per heavy atom. The van der Waals surface area contributed by atoms with Gasteiger partial charge in [-0.25, -0.2) is 0 Å². The first-order valence-electron chi connectivity index (χ1n) is 9.53. The van der Waals surface area contributed by atoms with Gasteiger partial charge >= 0.3 is 0 Å². The van der Waals surface area contributed by atoms with Gasteiger partial charge in [-0.3, -0.25) is 4.79 Å². The topological polar surface area (TPSA) is 87.5 Å². The van der Waals surface area contributed by atoms with Gasteiger partial charge < -0.3 is 24.1 Å². The zero-order chi connectivity index (χ0) is 23.3. The fourth-order valence-electron chi connectivity index (χ4n) is 3.02. The molecule has 0 radical (unpaired) electrons. The molecule has 1 heterocycles. The molecule has 1 amide bonds. The first-order valence-corrected chi connectivity index (χ1v) is 11.3. The number of anilines is 1. The Morgan fingerprint density at radius 3 is 2.38 bits per heavy atom. The van der Waals surface area contributed by atoms with E-state index in [0.29, 0.717) is 50.5 Å². The van der Waals surface area contributed by atoms with Crippen LogP contribution in [0.1, 0.15) is 6.92 Å². The molecule has 0 spiro atoms. The second-order valence-corrected chi connectivity index (χ2v) is 8.13. The van der Waals surface area contributed by atoms with Crippen LogP contribution in [-0.4, -0.2) is 47.8 Å². The van der Waals surface area contributed by atoms with E-state index in [9.17, 15) is 4.79 Å². The number of benzene rings is 2. The van der Waals surface area contributed by atoms with Crippen molar-refractivity contribution in [1.82, 2.24) is 14.8 Å². The highest BCUT2D eigenvalue weighted by Gasteiger charge is 2.20. The number of hydrogen-bond acceptors (Lipinski definition) is 7. The summed E-state index contributed by atoms with van der Waals surface area (Å²) in [6, 6.07) is 8.67. The fraction of sp³-hybridized carbons (Fsp3) is 0.286. The number of ether oxygens (including phenoxy) is 3. The van der Waals surface area contributed by atoms with Crippen LogP contribution in [0.5, 0.6) is 17.2 Å². The molecule has 0 unspecified atom stereocenters. The maximum atomic E-state index is 12.4. The smallest absolute Gasteiger partial charge is 0.234 e. The van der Waals surface area contributed by atoms with Gasteiger partial charge in [0.1, 0.15) is 0 Å². The van der Waals surface area contributed by atoms with Gasteiger partial charge in [0.2, 0.25) is 11.7 Å². The number of aromatic nitrogens is 3. The number of carbonyl (C=O) groups is 1. The minimum atomic E-state index is -0.237. The molecule has 2 aromatic carbocycles. The number of amides is 1. The van der Waals surface area contributed by atoms with Gasteiger partial charge in [-0.1, -0.05) is 41.0 Å². The third-order valence-corrected chi connectivity index (χ3v) is 6.30. The van der Waals surface area contributed by atoms with E-state index in [1.807, 2.05) is 11.5 Å². The highest BCUT2D eigenvalue weighted by molar-refractivity contribution is 7.99. The molecule has 32 heavy (non-hydrogen) atoms. The van der Waals surface area contributed by atoms with Crippen molar-refractivity contribution >= 4 is 46.6 Å². The molecule has 0 aliphatic carbocycles. The van der Waals surface area contributed by atoms with Gasteiger partial charge in [-0.2, -0.15) is 0 Å². The van der Waals surface area contributed by atoms with Crippen molar-refractivity contribution in [3.8, 4) is 28.6 Å². The molecule has 0 aliphatic heterocycles. The predicted octanol–water partition coefficient (Wildman–Crippen LogP) is 5.03. The van der Waals surface area contributed by atoms with E-state index in [4.69, 9.17) is 37.4 Å². The Bertz CT molecular complexity index is 1100. The van der Waals surface area contributed by atoms with E-state index < -0.39 is 0 Å². The first kappa shape index (κ1) is 24.0. The van der Waals surface area contributed by atoms with Crippen molar-refractivity contribution in [2.24, 2.45) is 0 Å². The van der Waals surface area contributed by atoms with Gasteiger partial charge in [0.15, 0.2) is 22.5 Å². The van der Waals surface area contributed by atoms with Crippen LogP contribution in [0.15, 0.2) is 35.5 Å². The highest BCUT2D eigenvalue weighted by atomic mass is 35.5. The number of carbonyl (C=O) groups excluding carboxylic acids is 1. The van der Waals surface area contributed by atoms with Crippen molar-refractivity contribution in [1.29, 1.82) is 0 Å². The summed E-state index contributed by atoms with van der Waals surface area (Å²) in [4.78, 5) is 12.4. The normalized spacial score (nSPS) is 10.7. The molecule has 170 valence electrons. The summed E-state index contributed by atoms with van der Waals surface area (Å²) in [7, 11) is 4.65. The lowest BCUT2D eigenvalue weighted by molar-refractivity contribution is -0.113. The quantitative estimate of drug-likeness (QED) is 0.415. The first-order chi connectivity index (χ1) is 15.4. The number of hydrogen-bond donors (Lipinski definition) is 1. The van der Waals surface area contributed by atoms with E-state index in [-0.39, 0.29) is 11.7 Å². The Hall–Kier alpha value is -2.62. The van der Waals surface area contributed by atoms with E-state index in [2.05, 4.69) is 15.5 Å². The molecule has 0 bridgehead atoms. The molecule has 0 aliphatic rings. The molecule has 0 atom stereocenters. The number of nitrogens with zero attached hydrogens (tertiary/aromatic N) is 3. The monoisotopic (exact) mass is 496 g/mol. The minimum Gasteiger partial charge on any atom is -0.493 e. The number of nitrogens with one attached hydrogen (secondary N) is 1. The second-order valence-electron chi connectivity index (χ2n) is 6.40. The summed E-state index contributed by atoms with van der Waals surface area (Å²) >= 11 is 13.4. The van der Waals surface area contributed by atoms with Crippen LogP contribution in [0.2, 0.25) is 10.0 Å². The lowest BCUT2D eigenvalue weighted by atomic mass is 10.1. The van der Waals surface area contributed by atoms with Crippen molar-refractivity contribution < 1.29 is 19.0 Å². The summed E-state index contributed by atoms with van der Waals surface area (Å²) in [5.74, 6) is 2.02. The zero-order valence-corrected chi connectivity index (χ0v) is 20.3. The van der Waals surface area contributed by atoms with Crippen molar-refractivity contribution in [2.45, 2.75) is 18.6 Å². The average Bonchev–Trinajstić information content (AvgIpc) is 3.22. The van der Waals surface area contributed by atoms with Crippen molar-refractivity contribution in [3.63, 3.8) is 0 Å². The van der Waals surface area contributed by atoms with Crippen LogP contribution in [0.25, 0.3) is 11.4 Å². The molecule has 8 nitrogen and oxygen atoms in total. The zero-order valence-electron chi connectivity index (χ0n) is 17.9. The Kier molecular flexibility index (Phi) is 8.11. The maximum Gasteiger partial charge on any atom is 0.234 e.